The first-order chi connectivity index (χ1) is 43.8. The largest absolute Gasteiger partial charge is 0.465 e. The van der Waals surface area contributed by atoms with Crippen LogP contribution in [0.2, 0.25) is 0 Å². The minimum absolute atomic E-state index is 0.132. The highest BCUT2D eigenvalue weighted by atomic mass is 16.5. The third-order valence-electron chi connectivity index (χ3n) is 20.9. The van der Waals surface area contributed by atoms with Crippen LogP contribution in [-0.4, -0.2) is 12.6 Å². The molecule has 0 amide bonds. The fourth-order valence-corrected chi connectivity index (χ4v) is 14.5. The minimum Gasteiger partial charge on any atom is -0.465 e. The molecule has 0 spiro atoms. The van der Waals surface area contributed by atoms with Crippen molar-refractivity contribution in [2.75, 3.05) is 6.61 Å². The Balaban J connectivity index is 4.09. The molecule has 0 radical (unpaired) electrons. The van der Waals surface area contributed by atoms with Crippen LogP contribution in [0.15, 0.2) is 0 Å². The zero-order chi connectivity index (χ0) is 63.1. The van der Waals surface area contributed by atoms with Crippen molar-refractivity contribution in [1.29, 1.82) is 0 Å². The summed E-state index contributed by atoms with van der Waals surface area (Å²) in [5.41, 5.74) is 0. The van der Waals surface area contributed by atoms with Gasteiger partial charge in [0.15, 0.2) is 0 Å². The lowest BCUT2D eigenvalue weighted by Gasteiger charge is -2.16. The van der Waals surface area contributed by atoms with Gasteiger partial charge in [0.2, 0.25) is 0 Å². The Morgan fingerprint density at radius 1 is 0.170 bits per heavy atom. The van der Waals surface area contributed by atoms with Gasteiger partial charge in [-0.15, -0.1) is 0 Å². The summed E-state index contributed by atoms with van der Waals surface area (Å²) in [6, 6.07) is 0. The second-order valence-corrected chi connectivity index (χ2v) is 30.0. The van der Waals surface area contributed by atoms with E-state index in [0.717, 1.165) is 19.3 Å². The molecule has 0 heterocycles. The fourth-order valence-electron chi connectivity index (χ4n) is 14.5. The van der Waals surface area contributed by atoms with Gasteiger partial charge in [0, 0.05) is 0 Å². The van der Waals surface area contributed by atoms with Gasteiger partial charge in [0.25, 0.3) is 0 Å². The first kappa shape index (κ1) is 87.5. The van der Waals surface area contributed by atoms with Crippen LogP contribution in [0.5, 0.6) is 0 Å². The second-order valence-electron chi connectivity index (χ2n) is 30.0. The van der Waals surface area contributed by atoms with E-state index in [1.54, 1.807) is 0 Å². The van der Waals surface area contributed by atoms with Gasteiger partial charge in [-0.25, -0.2) is 0 Å². The van der Waals surface area contributed by atoms with Crippen LogP contribution in [0.3, 0.4) is 0 Å². The Morgan fingerprint density at radius 3 is 0.420 bits per heavy atom. The van der Waals surface area contributed by atoms with Crippen LogP contribution in [0, 0.1) is 5.92 Å². The molecule has 0 rings (SSSR count). The van der Waals surface area contributed by atoms with Crippen molar-refractivity contribution in [2.24, 2.45) is 5.92 Å². The lowest BCUT2D eigenvalue weighted by Crippen LogP contribution is -2.18. The van der Waals surface area contributed by atoms with Crippen molar-refractivity contribution in [3.8, 4) is 0 Å². The highest BCUT2D eigenvalue weighted by molar-refractivity contribution is 5.72. The van der Waals surface area contributed by atoms with E-state index >= 15 is 0 Å². The first-order valence-electron chi connectivity index (χ1n) is 42.9. The number of hydrogen-bond donors (Lipinski definition) is 0. The molecule has 2 heteroatoms. The van der Waals surface area contributed by atoms with Crippen LogP contribution in [0.1, 0.15) is 534 Å². The highest BCUT2D eigenvalue weighted by Crippen LogP contribution is 2.24. The summed E-state index contributed by atoms with van der Waals surface area (Å²) in [5, 5.41) is 0. The SMILES string of the molecule is CCCCCCCCCCCCCCCCCCCCCCCCCCCCOC(=O)C(CCCCCCCCCCCCCCCCCCCCCCCCCCCC)CCCCCCCCCCCCCCCCCCCCCCCCCCCC. The maximum atomic E-state index is 13.5. The van der Waals surface area contributed by atoms with Gasteiger partial charge in [-0.1, -0.05) is 515 Å². The number of ether oxygens (including phenoxy) is 1. The zero-order valence-corrected chi connectivity index (χ0v) is 62.2. The lowest BCUT2D eigenvalue weighted by molar-refractivity contribution is -0.149. The van der Waals surface area contributed by atoms with Gasteiger partial charge in [-0.05, 0) is 19.3 Å². The average molecular weight is 1240 g/mol. The van der Waals surface area contributed by atoms with Crippen LogP contribution in [0.25, 0.3) is 0 Å². The van der Waals surface area contributed by atoms with Gasteiger partial charge < -0.3 is 4.74 Å². The second kappa shape index (κ2) is 82.6. The summed E-state index contributed by atoms with van der Waals surface area (Å²) in [6.45, 7) is 7.59. The summed E-state index contributed by atoms with van der Waals surface area (Å²) in [4.78, 5) is 13.5. The van der Waals surface area contributed by atoms with Crippen molar-refractivity contribution >= 4 is 5.97 Å². The molecule has 528 valence electrons. The molecule has 0 saturated carbocycles. The van der Waals surface area contributed by atoms with Gasteiger partial charge in [-0.2, -0.15) is 0 Å². The highest BCUT2D eigenvalue weighted by Gasteiger charge is 2.19. The minimum atomic E-state index is 0.132. The monoisotopic (exact) mass is 1240 g/mol. The van der Waals surface area contributed by atoms with Crippen LogP contribution >= 0.6 is 0 Å². The summed E-state index contributed by atoms with van der Waals surface area (Å²) in [6.07, 6.45) is 114. The number of esters is 1. The summed E-state index contributed by atoms with van der Waals surface area (Å²) in [7, 11) is 0. The third kappa shape index (κ3) is 77.9. The number of unbranched alkanes of at least 4 members (excludes halogenated alkanes) is 75. The molecular formula is C86H172O2. The molecule has 0 bridgehead atoms. The molecule has 2 nitrogen and oxygen atoms in total. The number of carbonyl (C=O) groups excluding carboxylic acids is 1. The van der Waals surface area contributed by atoms with Crippen molar-refractivity contribution in [3.63, 3.8) is 0 Å². The Bertz CT molecular complexity index is 1140. The topological polar surface area (TPSA) is 26.3 Å². The molecule has 88 heavy (non-hydrogen) atoms. The van der Waals surface area contributed by atoms with E-state index in [-0.39, 0.29) is 11.9 Å². The predicted molar refractivity (Wildman–Crippen MR) is 401 cm³/mol. The molecular weight excluding hydrogens is 1060 g/mol. The maximum absolute atomic E-state index is 13.5. The van der Waals surface area contributed by atoms with E-state index in [0.29, 0.717) is 6.61 Å². The molecule has 0 fully saturated rings. The van der Waals surface area contributed by atoms with Crippen LogP contribution in [-0.2, 0) is 9.53 Å². The molecule has 0 aliphatic heterocycles. The van der Waals surface area contributed by atoms with Crippen molar-refractivity contribution < 1.29 is 9.53 Å². The quantitative estimate of drug-likeness (QED) is 0.0448. The molecule has 0 aromatic heterocycles. The van der Waals surface area contributed by atoms with E-state index in [1.165, 1.54) is 494 Å². The Labute approximate surface area is 559 Å². The van der Waals surface area contributed by atoms with Crippen molar-refractivity contribution in [1.82, 2.24) is 0 Å². The Morgan fingerprint density at radius 2 is 0.284 bits per heavy atom. The number of hydrogen-bond acceptors (Lipinski definition) is 2. The number of rotatable bonds is 82. The summed E-state index contributed by atoms with van der Waals surface area (Å²) < 4.78 is 6.04. The van der Waals surface area contributed by atoms with Crippen LogP contribution < -0.4 is 0 Å². The maximum Gasteiger partial charge on any atom is 0.308 e. The van der Waals surface area contributed by atoms with E-state index in [1.807, 2.05) is 0 Å². The van der Waals surface area contributed by atoms with Gasteiger partial charge >= 0.3 is 5.97 Å². The predicted octanol–water partition coefficient (Wildman–Crippen LogP) is 32.4. The summed E-state index contributed by atoms with van der Waals surface area (Å²) in [5.74, 6) is 0.270. The Hall–Kier alpha value is -0.530. The zero-order valence-electron chi connectivity index (χ0n) is 62.2. The third-order valence-corrected chi connectivity index (χ3v) is 20.9. The lowest BCUT2D eigenvalue weighted by atomic mass is 9.94. The van der Waals surface area contributed by atoms with Gasteiger partial charge in [-0.3, -0.25) is 4.79 Å². The first-order valence-corrected chi connectivity index (χ1v) is 42.9. The van der Waals surface area contributed by atoms with Crippen LogP contribution in [0.4, 0.5) is 0 Å². The van der Waals surface area contributed by atoms with E-state index in [9.17, 15) is 4.79 Å². The smallest absolute Gasteiger partial charge is 0.308 e. The van der Waals surface area contributed by atoms with Crippen molar-refractivity contribution in [2.45, 2.75) is 534 Å². The molecule has 0 aromatic rings. The van der Waals surface area contributed by atoms with Gasteiger partial charge in [0.05, 0.1) is 12.5 Å². The summed E-state index contributed by atoms with van der Waals surface area (Å²) >= 11 is 0. The number of carbonyl (C=O) groups is 1. The molecule has 0 atom stereocenters. The fraction of sp³-hybridized carbons (Fsp3) is 0.988. The normalized spacial score (nSPS) is 11.8. The molecule has 0 N–H and O–H groups in total. The van der Waals surface area contributed by atoms with E-state index in [2.05, 4.69) is 20.8 Å². The van der Waals surface area contributed by atoms with E-state index in [4.69, 9.17) is 4.74 Å². The Kier molecular flexibility index (Phi) is 82.1. The van der Waals surface area contributed by atoms with E-state index < -0.39 is 0 Å². The molecule has 0 unspecified atom stereocenters. The average Bonchev–Trinajstić information content (AvgIpc) is 3.54. The van der Waals surface area contributed by atoms with Crippen molar-refractivity contribution in [3.05, 3.63) is 0 Å². The van der Waals surface area contributed by atoms with Gasteiger partial charge in [0.1, 0.15) is 0 Å². The molecule has 0 aromatic carbocycles. The molecule has 0 saturated heterocycles. The molecule has 0 aliphatic carbocycles. The standard InChI is InChI=1S/C86H172O2/c1-4-7-10-13-16-19-22-25-28-31-34-37-40-43-46-49-52-55-58-61-64-67-70-73-76-79-82-85(83-80-77-74-71-68-65-62-59-56-53-50-47-44-41-38-35-32-29-26-23-20-17-14-11-8-5-2)86(87)88-84-81-78-75-72-69-66-63-60-57-54-51-48-45-42-39-36-33-30-27-24-21-18-15-12-9-6-3/h85H,4-84H2,1-3H3. The molecule has 0 aliphatic rings.